The molecule has 0 radical (unpaired) electrons. The summed E-state index contributed by atoms with van der Waals surface area (Å²) in [4.78, 5) is 20.9. The number of halogens is 1. The van der Waals surface area contributed by atoms with E-state index in [0.29, 0.717) is 10.9 Å². The van der Waals surface area contributed by atoms with Crippen LogP contribution in [0.3, 0.4) is 0 Å². The molecular weight excluding hydrogens is 340 g/mol. The van der Waals surface area contributed by atoms with Gasteiger partial charge in [0.05, 0.1) is 10.8 Å². The van der Waals surface area contributed by atoms with Gasteiger partial charge in [-0.05, 0) is 41.8 Å². The predicted molar refractivity (Wildman–Crippen MR) is 84.5 cm³/mol. The first-order valence-corrected chi connectivity index (χ1v) is 7.54. The smallest absolute Gasteiger partial charge is 0.306 e. The van der Waals surface area contributed by atoms with E-state index in [0.717, 1.165) is 18.5 Å². The summed E-state index contributed by atoms with van der Waals surface area (Å²) in [6, 6.07) is 4.73. The first kappa shape index (κ1) is 17.4. The first-order chi connectivity index (χ1) is 9.81. The molecule has 2 atom stereocenters. The second kappa shape index (κ2) is 7.97. The monoisotopic (exact) mass is 358 g/mol. The molecule has 2 N–H and O–H groups in total. The summed E-state index contributed by atoms with van der Waals surface area (Å²) in [5, 5.41) is 22.7. The Morgan fingerprint density at radius 1 is 1.43 bits per heavy atom. The summed E-state index contributed by atoms with van der Waals surface area (Å²) in [5.41, 5.74) is 0.828. The van der Waals surface area contributed by atoms with E-state index in [2.05, 4.69) is 21.2 Å². The molecule has 0 heterocycles. The normalized spacial score (nSPS) is 13.5. The molecule has 7 heteroatoms. The molecule has 0 fully saturated rings. The Morgan fingerprint density at radius 3 is 2.62 bits per heavy atom. The molecule has 0 saturated heterocycles. The van der Waals surface area contributed by atoms with Crippen LogP contribution in [-0.2, 0) is 4.79 Å². The largest absolute Gasteiger partial charge is 0.481 e. The van der Waals surface area contributed by atoms with Crippen molar-refractivity contribution in [2.75, 3.05) is 5.32 Å². The van der Waals surface area contributed by atoms with Crippen molar-refractivity contribution in [1.82, 2.24) is 0 Å². The van der Waals surface area contributed by atoms with Gasteiger partial charge in [0, 0.05) is 28.3 Å². The fourth-order valence-corrected chi connectivity index (χ4v) is 2.41. The second-order valence-electron chi connectivity index (χ2n) is 5.14. The number of nitro groups is 1. The van der Waals surface area contributed by atoms with E-state index in [1.54, 1.807) is 13.0 Å². The van der Waals surface area contributed by atoms with Crippen molar-refractivity contribution >= 4 is 33.3 Å². The lowest BCUT2D eigenvalue weighted by molar-refractivity contribution is -0.384. The van der Waals surface area contributed by atoms with Crippen molar-refractivity contribution in [2.24, 2.45) is 5.92 Å². The fourth-order valence-electron chi connectivity index (χ4n) is 1.93. The predicted octanol–water partition coefficient (Wildman–Crippen LogP) is 4.05. The number of hydrogen-bond acceptors (Lipinski definition) is 4. The number of aliphatic carboxylic acids is 1. The topological polar surface area (TPSA) is 92.5 Å². The average molecular weight is 359 g/mol. The molecule has 0 aliphatic rings. The number of benzene rings is 1. The van der Waals surface area contributed by atoms with Crippen molar-refractivity contribution < 1.29 is 14.8 Å². The van der Waals surface area contributed by atoms with Crippen molar-refractivity contribution in [3.05, 3.63) is 32.8 Å². The molecule has 0 aliphatic heterocycles. The molecule has 1 aromatic carbocycles. The maximum absolute atomic E-state index is 10.7. The summed E-state index contributed by atoms with van der Waals surface area (Å²) in [6.45, 7) is 3.70. The lowest BCUT2D eigenvalue weighted by Crippen LogP contribution is -2.16. The Bertz CT molecular complexity index is 522. The number of nitrogens with one attached hydrogen (secondary N) is 1. The van der Waals surface area contributed by atoms with Gasteiger partial charge in [-0.15, -0.1) is 0 Å². The molecular formula is C14H19BrN2O4. The van der Waals surface area contributed by atoms with E-state index < -0.39 is 10.9 Å². The highest BCUT2D eigenvalue weighted by atomic mass is 79.9. The van der Waals surface area contributed by atoms with Crippen molar-refractivity contribution in [1.29, 1.82) is 0 Å². The van der Waals surface area contributed by atoms with Gasteiger partial charge in [0.1, 0.15) is 0 Å². The van der Waals surface area contributed by atoms with E-state index in [9.17, 15) is 14.9 Å². The highest BCUT2D eigenvalue weighted by Crippen LogP contribution is 2.28. The van der Waals surface area contributed by atoms with Gasteiger partial charge in [-0.3, -0.25) is 14.9 Å². The summed E-state index contributed by atoms with van der Waals surface area (Å²) in [6.07, 6.45) is 2.29. The number of non-ortho nitro benzene ring substituents is 1. The summed E-state index contributed by atoms with van der Waals surface area (Å²) in [5.74, 6) is -1.10. The Labute approximate surface area is 131 Å². The molecule has 0 aromatic heterocycles. The molecule has 6 nitrogen and oxygen atoms in total. The second-order valence-corrected chi connectivity index (χ2v) is 5.99. The third-order valence-corrected chi connectivity index (χ3v) is 3.92. The van der Waals surface area contributed by atoms with Crippen LogP contribution in [0.5, 0.6) is 0 Å². The zero-order valence-corrected chi connectivity index (χ0v) is 13.6. The van der Waals surface area contributed by atoms with Gasteiger partial charge in [0.2, 0.25) is 0 Å². The van der Waals surface area contributed by atoms with Crippen LogP contribution in [0.1, 0.15) is 33.1 Å². The SMILES string of the molecule is CC(CCCC(C)C(=O)O)Nc1ccc([N+](=O)[O-])cc1Br. The van der Waals surface area contributed by atoms with Crippen LogP contribution in [0.15, 0.2) is 22.7 Å². The lowest BCUT2D eigenvalue weighted by Gasteiger charge is -2.17. The fraction of sp³-hybridized carbons (Fsp3) is 0.500. The molecule has 1 aromatic rings. The Hall–Kier alpha value is -1.63. The molecule has 21 heavy (non-hydrogen) atoms. The Kier molecular flexibility index (Phi) is 6.61. The number of nitrogens with zero attached hydrogens (tertiary/aromatic N) is 1. The van der Waals surface area contributed by atoms with Crippen molar-refractivity contribution in [2.45, 2.75) is 39.2 Å². The van der Waals surface area contributed by atoms with E-state index >= 15 is 0 Å². The molecule has 0 bridgehead atoms. The average Bonchev–Trinajstić information content (AvgIpc) is 2.40. The third-order valence-electron chi connectivity index (χ3n) is 3.26. The van der Waals surface area contributed by atoms with E-state index in [-0.39, 0.29) is 17.6 Å². The van der Waals surface area contributed by atoms with E-state index in [4.69, 9.17) is 5.11 Å². The number of anilines is 1. The minimum absolute atomic E-state index is 0.0374. The van der Waals surface area contributed by atoms with Gasteiger partial charge in [-0.25, -0.2) is 0 Å². The molecule has 116 valence electrons. The maximum Gasteiger partial charge on any atom is 0.306 e. The highest BCUT2D eigenvalue weighted by Gasteiger charge is 2.13. The Balaban J connectivity index is 2.49. The van der Waals surface area contributed by atoms with Gasteiger partial charge in [-0.2, -0.15) is 0 Å². The number of nitro benzene ring substituents is 1. The minimum atomic E-state index is -0.770. The van der Waals surface area contributed by atoms with Crippen LogP contribution in [0.25, 0.3) is 0 Å². The van der Waals surface area contributed by atoms with E-state index in [1.165, 1.54) is 12.1 Å². The standard InChI is InChI=1S/C14H19BrN2O4/c1-9(14(18)19)4-3-5-10(2)16-13-7-6-11(17(20)21)8-12(13)15/h6-10,16H,3-5H2,1-2H3,(H,18,19). The van der Waals surface area contributed by atoms with Crippen LogP contribution >= 0.6 is 15.9 Å². The molecule has 0 amide bonds. The number of carboxylic acids is 1. The van der Waals surface area contributed by atoms with Crippen LogP contribution in [-0.4, -0.2) is 22.0 Å². The molecule has 2 unspecified atom stereocenters. The minimum Gasteiger partial charge on any atom is -0.481 e. The van der Waals surface area contributed by atoms with Gasteiger partial charge in [0.15, 0.2) is 0 Å². The quantitative estimate of drug-likeness (QED) is 0.540. The molecule has 0 spiro atoms. The molecule has 1 rings (SSSR count). The van der Waals surface area contributed by atoms with Gasteiger partial charge < -0.3 is 10.4 Å². The van der Waals surface area contributed by atoms with Crippen LogP contribution < -0.4 is 5.32 Å². The Morgan fingerprint density at radius 2 is 2.10 bits per heavy atom. The summed E-state index contributed by atoms with van der Waals surface area (Å²) in [7, 11) is 0. The van der Waals surface area contributed by atoms with Crippen molar-refractivity contribution in [3.8, 4) is 0 Å². The van der Waals surface area contributed by atoms with Gasteiger partial charge in [-0.1, -0.05) is 13.3 Å². The first-order valence-electron chi connectivity index (χ1n) is 6.74. The number of hydrogen-bond donors (Lipinski definition) is 2. The lowest BCUT2D eigenvalue weighted by atomic mass is 10.0. The van der Waals surface area contributed by atoms with Gasteiger partial charge >= 0.3 is 5.97 Å². The third kappa shape index (κ3) is 5.71. The zero-order valence-electron chi connectivity index (χ0n) is 12.0. The van der Waals surface area contributed by atoms with Crippen LogP contribution in [0.4, 0.5) is 11.4 Å². The van der Waals surface area contributed by atoms with E-state index in [1.807, 2.05) is 6.92 Å². The zero-order chi connectivity index (χ0) is 16.0. The number of carboxylic acid groups (broad SMARTS) is 1. The maximum atomic E-state index is 10.7. The highest BCUT2D eigenvalue weighted by molar-refractivity contribution is 9.10. The van der Waals surface area contributed by atoms with Gasteiger partial charge in [0.25, 0.3) is 5.69 Å². The van der Waals surface area contributed by atoms with Crippen molar-refractivity contribution in [3.63, 3.8) is 0 Å². The van der Waals surface area contributed by atoms with Crippen LogP contribution in [0, 0.1) is 16.0 Å². The molecule has 0 saturated carbocycles. The number of rotatable bonds is 8. The summed E-state index contributed by atoms with van der Waals surface area (Å²) >= 11 is 3.31. The van der Waals surface area contributed by atoms with Crippen LogP contribution in [0.2, 0.25) is 0 Å². The summed E-state index contributed by atoms with van der Waals surface area (Å²) < 4.78 is 0.641. The number of carbonyl (C=O) groups is 1. The molecule has 0 aliphatic carbocycles.